The number of rotatable bonds is 6. The first kappa shape index (κ1) is 24.7. The van der Waals surface area contributed by atoms with Gasteiger partial charge in [-0.3, -0.25) is 14.7 Å². The number of alkyl halides is 4. The molecule has 0 spiro atoms. The van der Waals surface area contributed by atoms with Crippen molar-refractivity contribution >= 4 is 11.7 Å². The topological polar surface area (TPSA) is 58.1 Å². The van der Waals surface area contributed by atoms with E-state index in [9.17, 15) is 26.7 Å². The van der Waals surface area contributed by atoms with Crippen molar-refractivity contribution in [3.8, 4) is 0 Å². The molecular weight excluding hydrogens is 467 g/mol. The third kappa shape index (κ3) is 5.32. The number of hydrogen-bond acceptors (Lipinski definition) is 4. The molecule has 4 rings (SSSR count). The Morgan fingerprint density at radius 3 is 2.37 bits per heavy atom. The highest BCUT2D eigenvalue weighted by molar-refractivity contribution is 5.93. The molecule has 0 radical (unpaired) electrons. The van der Waals surface area contributed by atoms with Crippen LogP contribution in [0.25, 0.3) is 0 Å². The van der Waals surface area contributed by atoms with Gasteiger partial charge in [0.2, 0.25) is 5.91 Å². The second-order valence-corrected chi connectivity index (χ2v) is 8.52. The van der Waals surface area contributed by atoms with Crippen molar-refractivity contribution in [2.24, 2.45) is 0 Å². The lowest BCUT2D eigenvalue weighted by atomic mass is 9.87. The van der Waals surface area contributed by atoms with Gasteiger partial charge >= 0.3 is 0 Å². The number of carbonyl (C=O) groups is 1. The summed E-state index contributed by atoms with van der Waals surface area (Å²) >= 11 is 0. The van der Waals surface area contributed by atoms with E-state index in [1.807, 2.05) is 0 Å². The van der Waals surface area contributed by atoms with E-state index < -0.39 is 53.1 Å². The molecule has 2 atom stereocenters. The minimum absolute atomic E-state index is 0.0259. The van der Waals surface area contributed by atoms with Gasteiger partial charge in [0, 0.05) is 49.2 Å². The predicted molar refractivity (Wildman–Crippen MR) is 120 cm³/mol. The monoisotopic (exact) mass is 490 g/mol. The van der Waals surface area contributed by atoms with Crippen molar-refractivity contribution in [3.63, 3.8) is 0 Å². The molecule has 5 nitrogen and oxygen atoms in total. The van der Waals surface area contributed by atoms with Crippen LogP contribution in [0.2, 0.25) is 0 Å². The molecule has 2 aromatic heterocycles. The van der Waals surface area contributed by atoms with Crippen LogP contribution >= 0.6 is 0 Å². The van der Waals surface area contributed by atoms with Crippen LogP contribution in [0.3, 0.4) is 0 Å². The quantitative estimate of drug-likeness (QED) is 0.482. The van der Waals surface area contributed by atoms with Crippen molar-refractivity contribution in [2.45, 2.75) is 37.1 Å². The first-order chi connectivity index (χ1) is 16.6. The summed E-state index contributed by atoms with van der Waals surface area (Å²) in [6, 6.07) is 8.57. The van der Waals surface area contributed by atoms with Crippen LogP contribution in [0, 0.1) is 5.82 Å². The van der Waals surface area contributed by atoms with Crippen LogP contribution in [-0.2, 0) is 10.7 Å². The molecule has 0 saturated carbocycles. The largest absolute Gasteiger partial charge is 0.309 e. The number of anilines is 1. The number of carbonyl (C=O) groups excluding carboxylic acids is 1. The number of benzene rings is 1. The van der Waals surface area contributed by atoms with Crippen molar-refractivity contribution in [1.29, 1.82) is 0 Å². The summed E-state index contributed by atoms with van der Waals surface area (Å²) in [5.41, 5.74) is -0.369. The van der Waals surface area contributed by atoms with Crippen LogP contribution in [0.15, 0.2) is 67.1 Å². The Morgan fingerprint density at radius 2 is 1.74 bits per heavy atom. The number of likely N-dealkylation sites (tertiary alicyclic amines) is 1. The number of nitrogens with one attached hydrogen (secondary N) is 1. The van der Waals surface area contributed by atoms with Crippen LogP contribution in [-0.4, -0.2) is 45.8 Å². The smallest absolute Gasteiger partial charge is 0.299 e. The van der Waals surface area contributed by atoms with E-state index in [2.05, 4.69) is 15.3 Å². The summed E-state index contributed by atoms with van der Waals surface area (Å²) in [4.78, 5) is 22.2. The van der Waals surface area contributed by atoms with Gasteiger partial charge in [0.15, 0.2) is 0 Å². The SMILES string of the molecule is C[C@@H](C(=O)Nc1ccc(C(F)(F)c2ccc(F)cc2)cn1)N1CCC(F)(F)[C@@H](c2ccncc2)C1. The minimum Gasteiger partial charge on any atom is -0.309 e. The van der Waals surface area contributed by atoms with Crippen LogP contribution in [0.1, 0.15) is 36.0 Å². The number of nitrogens with zero attached hydrogens (tertiary/aromatic N) is 3. The number of amides is 1. The molecule has 35 heavy (non-hydrogen) atoms. The molecule has 1 aromatic carbocycles. The van der Waals surface area contributed by atoms with Crippen LogP contribution < -0.4 is 5.32 Å². The van der Waals surface area contributed by atoms with Crippen LogP contribution in [0.5, 0.6) is 0 Å². The maximum absolute atomic E-state index is 14.7. The zero-order valence-electron chi connectivity index (χ0n) is 18.8. The Kier molecular flexibility index (Phi) is 6.84. The summed E-state index contributed by atoms with van der Waals surface area (Å²) in [5, 5.41) is 2.56. The van der Waals surface area contributed by atoms with E-state index in [4.69, 9.17) is 0 Å². The molecule has 1 fully saturated rings. The average molecular weight is 490 g/mol. The first-order valence-corrected chi connectivity index (χ1v) is 11.0. The molecule has 0 aliphatic carbocycles. The fourth-order valence-electron chi connectivity index (χ4n) is 4.10. The summed E-state index contributed by atoms with van der Waals surface area (Å²) in [6.45, 7) is 1.60. The molecular formula is C25H23F5N4O. The standard InChI is InChI=1S/C25H23F5N4O/c1-16(34-13-10-24(27,28)21(15-34)17-8-11-31-12-9-17)23(35)33-22-7-4-19(14-32-22)25(29,30)18-2-5-20(26)6-3-18/h2-9,11-12,14,16,21H,10,13,15H2,1H3,(H,32,33,35)/t16-,21+/m0/s1. The van der Waals surface area contributed by atoms with Gasteiger partial charge in [-0.2, -0.15) is 8.78 Å². The zero-order valence-corrected chi connectivity index (χ0v) is 18.8. The number of pyridine rings is 2. The van der Waals surface area contributed by atoms with Gasteiger partial charge in [-0.25, -0.2) is 18.2 Å². The normalized spacial score (nSPS) is 19.2. The van der Waals surface area contributed by atoms with Crippen molar-refractivity contribution in [2.75, 3.05) is 18.4 Å². The Labute approximate surface area is 199 Å². The predicted octanol–water partition coefficient (Wildman–Crippen LogP) is 5.21. The zero-order chi connectivity index (χ0) is 25.2. The Morgan fingerprint density at radius 1 is 1.09 bits per heavy atom. The average Bonchev–Trinajstić information content (AvgIpc) is 2.84. The number of halogens is 5. The number of hydrogen-bond donors (Lipinski definition) is 1. The van der Waals surface area contributed by atoms with Gasteiger partial charge < -0.3 is 5.32 Å². The van der Waals surface area contributed by atoms with Crippen molar-refractivity contribution < 1.29 is 26.7 Å². The van der Waals surface area contributed by atoms with E-state index in [0.717, 1.165) is 36.5 Å². The summed E-state index contributed by atoms with van der Waals surface area (Å²) in [7, 11) is 0. The Balaban J connectivity index is 1.42. The van der Waals surface area contributed by atoms with Gasteiger partial charge in [-0.1, -0.05) is 0 Å². The third-order valence-corrected chi connectivity index (χ3v) is 6.28. The molecule has 1 amide bonds. The molecule has 1 aliphatic heterocycles. The van der Waals surface area contributed by atoms with E-state index >= 15 is 0 Å². The second-order valence-electron chi connectivity index (χ2n) is 8.52. The highest BCUT2D eigenvalue weighted by Gasteiger charge is 2.46. The number of aromatic nitrogens is 2. The lowest BCUT2D eigenvalue weighted by Crippen LogP contribution is -2.52. The van der Waals surface area contributed by atoms with Crippen LogP contribution in [0.4, 0.5) is 27.8 Å². The Bertz CT molecular complexity index is 1160. The molecule has 184 valence electrons. The summed E-state index contributed by atoms with van der Waals surface area (Å²) in [6.07, 6.45) is 3.44. The summed E-state index contributed by atoms with van der Waals surface area (Å²) < 4.78 is 71.6. The van der Waals surface area contributed by atoms with Crippen molar-refractivity contribution in [1.82, 2.24) is 14.9 Å². The molecule has 1 aliphatic rings. The lowest BCUT2D eigenvalue weighted by molar-refractivity contribution is -0.125. The summed E-state index contributed by atoms with van der Waals surface area (Å²) in [5.74, 6) is -8.47. The first-order valence-electron chi connectivity index (χ1n) is 11.0. The van der Waals surface area contributed by atoms with Gasteiger partial charge in [0.25, 0.3) is 11.8 Å². The van der Waals surface area contributed by atoms with E-state index in [-0.39, 0.29) is 18.9 Å². The van der Waals surface area contributed by atoms with Gasteiger partial charge in [0.1, 0.15) is 11.6 Å². The van der Waals surface area contributed by atoms with Crippen molar-refractivity contribution in [3.05, 3.63) is 89.6 Å². The van der Waals surface area contributed by atoms with Gasteiger partial charge in [-0.15, -0.1) is 0 Å². The maximum atomic E-state index is 14.7. The lowest BCUT2D eigenvalue weighted by Gasteiger charge is -2.40. The Hall–Kier alpha value is -3.40. The van der Waals surface area contributed by atoms with E-state index in [1.165, 1.54) is 18.5 Å². The fraction of sp³-hybridized carbons (Fsp3) is 0.320. The molecule has 3 aromatic rings. The molecule has 1 saturated heterocycles. The highest BCUT2D eigenvalue weighted by atomic mass is 19.3. The van der Waals surface area contributed by atoms with Gasteiger partial charge in [-0.05, 0) is 61.0 Å². The van der Waals surface area contributed by atoms with Gasteiger partial charge in [0.05, 0.1) is 12.0 Å². The minimum atomic E-state index is -3.41. The third-order valence-electron chi connectivity index (χ3n) is 6.28. The van der Waals surface area contributed by atoms with E-state index in [0.29, 0.717) is 5.56 Å². The fourth-order valence-corrected chi connectivity index (χ4v) is 4.10. The van der Waals surface area contributed by atoms with E-state index in [1.54, 1.807) is 24.0 Å². The molecule has 1 N–H and O–H groups in total. The number of piperidine rings is 1. The molecule has 10 heteroatoms. The molecule has 0 bridgehead atoms. The molecule has 0 unspecified atom stereocenters. The molecule has 3 heterocycles. The maximum Gasteiger partial charge on any atom is 0.299 e. The second kappa shape index (κ2) is 9.69. The highest BCUT2D eigenvalue weighted by Crippen LogP contribution is 2.40.